The molecule has 6 nitrogen and oxygen atoms in total. The summed E-state index contributed by atoms with van der Waals surface area (Å²) in [4.78, 5) is 22.3. The van der Waals surface area contributed by atoms with Crippen LogP contribution in [-0.2, 0) is 9.36 Å². The molecular formula is C31H63NO5P+. The average Bonchev–Trinajstić information content (AvgIpc) is 2.84. The number of allylic oxidation sites excluding steroid dienone is 2. The monoisotopic (exact) mass is 560 g/mol. The fourth-order valence-corrected chi connectivity index (χ4v) is 5.26. The van der Waals surface area contributed by atoms with Crippen LogP contribution in [0.4, 0.5) is 0 Å². The van der Waals surface area contributed by atoms with Gasteiger partial charge in [0.1, 0.15) is 5.60 Å². The Morgan fingerprint density at radius 2 is 1.21 bits per heavy atom. The molecule has 0 rings (SSSR count). The van der Waals surface area contributed by atoms with Gasteiger partial charge in [-0.3, -0.25) is 9.28 Å². The van der Waals surface area contributed by atoms with E-state index in [9.17, 15) is 19.4 Å². The molecule has 0 fully saturated rings. The summed E-state index contributed by atoms with van der Waals surface area (Å²) in [6, 6.07) is 0. The zero-order valence-corrected chi connectivity index (χ0v) is 26.8. The third-order valence-corrected chi connectivity index (χ3v) is 8.62. The second-order valence-electron chi connectivity index (χ2n) is 11.9. The van der Waals surface area contributed by atoms with Crippen LogP contribution in [0.25, 0.3) is 0 Å². The molecule has 0 amide bonds. The van der Waals surface area contributed by atoms with Gasteiger partial charge in [-0.15, -0.1) is 0 Å². The number of carbonyl (C=O) groups is 1. The lowest BCUT2D eigenvalue weighted by Crippen LogP contribution is -2.43. The van der Waals surface area contributed by atoms with E-state index < -0.39 is 20.2 Å². The quantitative estimate of drug-likeness (QED) is 0.0554. The van der Waals surface area contributed by atoms with E-state index in [2.05, 4.69) is 19.1 Å². The smallest absolute Gasteiger partial charge is 0.373 e. The molecule has 38 heavy (non-hydrogen) atoms. The number of hydrogen-bond acceptors (Lipinski definition) is 5. The van der Waals surface area contributed by atoms with Crippen molar-refractivity contribution in [2.45, 2.75) is 154 Å². The fraction of sp³-hybridized carbons (Fsp3) is 0.903. The molecule has 0 aromatic carbocycles. The van der Waals surface area contributed by atoms with Crippen LogP contribution in [0.15, 0.2) is 12.2 Å². The van der Waals surface area contributed by atoms with Crippen molar-refractivity contribution in [3.05, 3.63) is 12.2 Å². The number of quaternary nitrogens is 1. The zero-order valence-electron chi connectivity index (χ0n) is 25.9. The molecule has 7 heteroatoms. The minimum atomic E-state index is -2.28. The first-order valence-corrected chi connectivity index (χ1v) is 16.6. The highest BCUT2D eigenvalue weighted by Gasteiger charge is 2.32. The molecule has 0 saturated heterocycles. The molecule has 0 aliphatic rings. The Kier molecular flexibility index (Phi) is 26.3. The standard InChI is InChI=1S/C25H48O3.C6H15NO2P/c1-3-4-5-6-7-8-9-10-11-12-13-14-15-16-17-18-19-20-21-22-24(27)25(2,28)23-26;1-5-6(10(8)9)7(2,3)4/h10-11,26,28H,3-9,12-23H2,1-2H3;6H,5H2,1-4H3/q;+1/b11-10-;. The summed E-state index contributed by atoms with van der Waals surface area (Å²) in [5, 5.41) is 18.6. The third-order valence-electron chi connectivity index (χ3n) is 7.08. The van der Waals surface area contributed by atoms with E-state index in [1.807, 2.05) is 28.1 Å². The molecule has 0 spiro atoms. The van der Waals surface area contributed by atoms with Gasteiger partial charge in [-0.25, -0.2) is 0 Å². The maximum Gasteiger partial charge on any atom is 0.373 e. The molecular weight excluding hydrogens is 497 g/mol. The van der Waals surface area contributed by atoms with E-state index in [-0.39, 0.29) is 11.6 Å². The van der Waals surface area contributed by atoms with Crippen LogP contribution < -0.4 is 4.89 Å². The normalized spacial score (nSPS) is 14.6. The van der Waals surface area contributed by atoms with Gasteiger partial charge in [0.25, 0.3) is 5.78 Å². The van der Waals surface area contributed by atoms with Crippen molar-refractivity contribution in [1.82, 2.24) is 0 Å². The number of ketones is 1. The van der Waals surface area contributed by atoms with Crippen LogP contribution in [0.2, 0.25) is 0 Å². The van der Waals surface area contributed by atoms with Crippen molar-refractivity contribution in [2.24, 2.45) is 0 Å². The first kappa shape index (κ1) is 39.5. The van der Waals surface area contributed by atoms with Crippen LogP contribution in [0.3, 0.4) is 0 Å². The Bertz CT molecular complexity index is 602. The van der Waals surface area contributed by atoms with Crippen LogP contribution >= 0.6 is 8.03 Å². The third kappa shape index (κ3) is 24.4. The lowest BCUT2D eigenvalue weighted by molar-refractivity contribution is -0.883. The van der Waals surface area contributed by atoms with Gasteiger partial charge in [0, 0.05) is 12.8 Å². The molecule has 0 aliphatic heterocycles. The van der Waals surface area contributed by atoms with Gasteiger partial charge in [0.2, 0.25) is 0 Å². The number of carbonyl (C=O) groups excluding carboxylic acids is 1. The minimum Gasteiger partial charge on any atom is -0.591 e. The number of rotatable bonds is 24. The molecule has 3 atom stereocenters. The van der Waals surface area contributed by atoms with Crippen molar-refractivity contribution in [3.8, 4) is 0 Å². The van der Waals surface area contributed by atoms with Crippen LogP contribution in [0.1, 0.15) is 143 Å². The van der Waals surface area contributed by atoms with Crippen LogP contribution in [-0.4, -0.2) is 59.6 Å². The second kappa shape index (κ2) is 25.3. The maximum atomic E-state index is 11.7. The molecule has 2 N–H and O–H groups in total. The second-order valence-corrected chi connectivity index (χ2v) is 13.1. The lowest BCUT2D eigenvalue weighted by Gasteiger charge is -2.26. The van der Waals surface area contributed by atoms with Crippen molar-refractivity contribution < 1.29 is 28.9 Å². The zero-order chi connectivity index (χ0) is 29.3. The Hall–Kier alpha value is -0.650. The summed E-state index contributed by atoms with van der Waals surface area (Å²) < 4.78 is 11.1. The van der Waals surface area contributed by atoms with E-state index in [0.29, 0.717) is 17.3 Å². The average molecular weight is 561 g/mol. The minimum absolute atomic E-state index is 0.240. The lowest BCUT2D eigenvalue weighted by atomic mass is 9.96. The Morgan fingerprint density at radius 1 is 0.816 bits per heavy atom. The number of aliphatic hydroxyl groups excluding tert-OH is 1. The highest BCUT2D eigenvalue weighted by atomic mass is 31.1. The fourth-order valence-electron chi connectivity index (χ4n) is 4.40. The van der Waals surface area contributed by atoms with Crippen LogP contribution in [0, 0.1) is 0 Å². The largest absolute Gasteiger partial charge is 0.591 e. The van der Waals surface area contributed by atoms with Gasteiger partial charge in [-0.1, -0.05) is 108 Å². The predicted molar refractivity (Wildman–Crippen MR) is 160 cm³/mol. The summed E-state index contributed by atoms with van der Waals surface area (Å²) in [6.45, 7) is 5.06. The van der Waals surface area contributed by atoms with Gasteiger partial charge >= 0.3 is 8.03 Å². The number of unbranched alkanes of at least 4 members (excludes halogenated alkanes) is 15. The Morgan fingerprint density at radius 3 is 1.53 bits per heavy atom. The molecule has 0 aromatic heterocycles. The molecule has 226 valence electrons. The van der Waals surface area contributed by atoms with E-state index in [0.717, 1.165) is 19.3 Å². The number of aliphatic hydroxyl groups is 2. The van der Waals surface area contributed by atoms with Gasteiger partial charge in [0.05, 0.1) is 27.7 Å². The van der Waals surface area contributed by atoms with Crippen molar-refractivity contribution in [2.75, 3.05) is 27.7 Å². The van der Waals surface area contributed by atoms with E-state index in [1.165, 1.54) is 96.8 Å². The summed E-state index contributed by atoms with van der Waals surface area (Å²) in [6.07, 6.45) is 27.5. The van der Waals surface area contributed by atoms with Crippen molar-refractivity contribution in [3.63, 3.8) is 0 Å². The van der Waals surface area contributed by atoms with Gasteiger partial charge in [-0.05, 0) is 39.0 Å². The van der Waals surface area contributed by atoms with E-state index >= 15 is 0 Å². The maximum absolute atomic E-state index is 11.7. The molecule has 0 aromatic rings. The molecule has 0 bridgehead atoms. The number of hydrogen-bond donors (Lipinski definition) is 2. The summed E-state index contributed by atoms with van der Waals surface area (Å²) in [5.74, 6) is -0.481. The highest BCUT2D eigenvalue weighted by Crippen LogP contribution is 2.26. The SMILES string of the molecule is CCC([P+](=O)[O-])[N+](C)(C)C.CCCCCCCC/C=C\CCCCCCCCCCCC(=O)C(C)(O)CO. The van der Waals surface area contributed by atoms with Gasteiger partial charge < -0.3 is 15.1 Å². The summed E-state index contributed by atoms with van der Waals surface area (Å²) in [5.41, 5.74) is -1.55. The highest BCUT2D eigenvalue weighted by molar-refractivity contribution is 7.37. The van der Waals surface area contributed by atoms with Gasteiger partial charge in [0.15, 0.2) is 5.78 Å². The summed E-state index contributed by atoms with van der Waals surface area (Å²) in [7, 11) is 3.38. The van der Waals surface area contributed by atoms with Crippen molar-refractivity contribution in [1.29, 1.82) is 0 Å². The van der Waals surface area contributed by atoms with Crippen LogP contribution in [0.5, 0.6) is 0 Å². The Balaban J connectivity index is 0. The first-order valence-electron chi connectivity index (χ1n) is 15.4. The molecule has 3 unspecified atom stereocenters. The first-order chi connectivity index (χ1) is 17.9. The van der Waals surface area contributed by atoms with E-state index in [1.54, 1.807) is 0 Å². The molecule has 0 saturated carbocycles. The predicted octanol–water partition coefficient (Wildman–Crippen LogP) is 7.43. The Labute approximate surface area is 236 Å². The summed E-state index contributed by atoms with van der Waals surface area (Å²) >= 11 is 0. The van der Waals surface area contributed by atoms with Gasteiger partial charge in [-0.2, -0.15) is 0 Å². The topological polar surface area (TPSA) is 97.7 Å². The van der Waals surface area contributed by atoms with E-state index in [4.69, 9.17) is 5.11 Å². The van der Waals surface area contributed by atoms with Crippen molar-refractivity contribution >= 4 is 13.8 Å². The number of Topliss-reactive ketones (excluding diaryl/α,β-unsaturated/α-hetero) is 1. The molecule has 0 heterocycles. The molecule has 0 aliphatic carbocycles. The molecule has 0 radical (unpaired) electrons. The number of nitrogens with zero attached hydrogens (tertiary/aromatic N) is 1.